The van der Waals surface area contributed by atoms with Crippen LogP contribution in [0.5, 0.6) is 0 Å². The molecule has 1 heterocycles. The summed E-state index contributed by atoms with van der Waals surface area (Å²) in [4.78, 5) is 6.23. The van der Waals surface area contributed by atoms with E-state index in [9.17, 15) is 0 Å². The van der Waals surface area contributed by atoms with Crippen LogP contribution in [0.15, 0.2) is 12.4 Å². The Balaban J connectivity index is 2.89. The van der Waals surface area contributed by atoms with Crippen LogP contribution in [-0.2, 0) is 0 Å². The van der Waals surface area contributed by atoms with E-state index in [4.69, 9.17) is 5.73 Å². The van der Waals surface area contributed by atoms with Gasteiger partial charge in [-0.25, -0.2) is 4.98 Å². The van der Waals surface area contributed by atoms with Crippen LogP contribution >= 0.6 is 0 Å². The first-order valence-electron chi connectivity index (χ1n) is 4.79. The van der Waals surface area contributed by atoms with Crippen LogP contribution in [-0.4, -0.2) is 33.8 Å². The third kappa shape index (κ3) is 2.38. The Morgan fingerprint density at radius 1 is 1.36 bits per heavy atom. The Bertz CT molecular complexity index is 261. The maximum Gasteiger partial charge on any atom is 0.245 e. The normalized spacial score (nSPS) is 12.9. The zero-order chi connectivity index (χ0) is 10.6. The summed E-state index contributed by atoms with van der Waals surface area (Å²) in [6, 6.07) is 0.539. The van der Waals surface area contributed by atoms with Gasteiger partial charge in [0.25, 0.3) is 0 Å². The molecule has 5 nitrogen and oxygen atoms in total. The summed E-state index contributed by atoms with van der Waals surface area (Å²) in [5.41, 5.74) is 5.63. The predicted molar refractivity (Wildman–Crippen MR) is 56.0 cm³/mol. The minimum Gasteiger partial charge on any atom is -0.333 e. The van der Waals surface area contributed by atoms with Crippen LogP contribution in [0.2, 0.25) is 0 Å². The van der Waals surface area contributed by atoms with Gasteiger partial charge in [-0.05, 0) is 20.8 Å². The third-order valence-electron chi connectivity index (χ3n) is 2.07. The molecule has 5 heteroatoms. The molecule has 0 radical (unpaired) electrons. The zero-order valence-corrected chi connectivity index (χ0v) is 8.88. The summed E-state index contributed by atoms with van der Waals surface area (Å²) in [6.07, 6.45) is 3.20. The predicted octanol–water partition coefficient (Wildman–Crippen LogP) is 0.434. The Morgan fingerprint density at radius 2 is 2.07 bits per heavy atom. The average molecular weight is 195 g/mol. The van der Waals surface area contributed by atoms with Gasteiger partial charge in [0, 0.05) is 18.6 Å². The van der Waals surface area contributed by atoms with Gasteiger partial charge in [0.2, 0.25) is 5.95 Å². The molecule has 0 aliphatic rings. The molecule has 2 N–H and O–H groups in total. The van der Waals surface area contributed by atoms with Crippen LogP contribution < -0.4 is 10.6 Å². The molecule has 1 rings (SSSR count). The zero-order valence-electron chi connectivity index (χ0n) is 8.88. The first-order chi connectivity index (χ1) is 6.66. The van der Waals surface area contributed by atoms with Crippen LogP contribution in [0.1, 0.15) is 20.8 Å². The van der Waals surface area contributed by atoms with Crippen molar-refractivity contribution < 1.29 is 0 Å². The van der Waals surface area contributed by atoms with Gasteiger partial charge in [-0.2, -0.15) is 5.10 Å². The van der Waals surface area contributed by atoms with Gasteiger partial charge in [-0.15, -0.1) is 5.10 Å². The molecule has 0 saturated carbocycles. The fraction of sp³-hybridized carbons (Fsp3) is 0.667. The van der Waals surface area contributed by atoms with Crippen LogP contribution in [0.4, 0.5) is 5.95 Å². The van der Waals surface area contributed by atoms with Crippen LogP contribution in [0.25, 0.3) is 0 Å². The maximum atomic E-state index is 5.63. The lowest BCUT2D eigenvalue weighted by molar-refractivity contribution is 0.561. The molecule has 0 fully saturated rings. The molecule has 1 unspecified atom stereocenters. The number of aromatic nitrogens is 3. The van der Waals surface area contributed by atoms with E-state index in [2.05, 4.69) is 40.9 Å². The summed E-state index contributed by atoms with van der Waals surface area (Å²) in [5, 5.41) is 7.79. The second-order valence-electron chi connectivity index (χ2n) is 3.53. The van der Waals surface area contributed by atoms with Gasteiger partial charge in [-0.3, -0.25) is 0 Å². The van der Waals surface area contributed by atoms with E-state index in [0.717, 1.165) is 0 Å². The maximum absolute atomic E-state index is 5.63. The minimum atomic E-state index is 0.221. The fourth-order valence-electron chi connectivity index (χ4n) is 1.41. The molecule has 0 bridgehead atoms. The van der Waals surface area contributed by atoms with E-state index in [1.165, 1.54) is 0 Å². The first-order valence-corrected chi connectivity index (χ1v) is 4.79. The molecule has 0 saturated heterocycles. The molecule has 0 amide bonds. The highest BCUT2D eigenvalue weighted by Crippen LogP contribution is 2.12. The highest BCUT2D eigenvalue weighted by atomic mass is 15.3. The van der Waals surface area contributed by atoms with Gasteiger partial charge in [-0.1, -0.05) is 0 Å². The highest BCUT2D eigenvalue weighted by molar-refractivity contribution is 5.30. The van der Waals surface area contributed by atoms with Gasteiger partial charge in [0.1, 0.15) is 0 Å². The van der Waals surface area contributed by atoms with Crippen molar-refractivity contribution in [2.24, 2.45) is 5.73 Å². The Kier molecular flexibility index (Phi) is 3.76. The van der Waals surface area contributed by atoms with E-state index in [1.807, 2.05) is 0 Å². The van der Waals surface area contributed by atoms with E-state index in [1.54, 1.807) is 12.4 Å². The highest BCUT2D eigenvalue weighted by Gasteiger charge is 2.18. The lowest BCUT2D eigenvalue weighted by Crippen LogP contribution is -2.44. The number of anilines is 1. The second kappa shape index (κ2) is 4.85. The molecule has 0 aliphatic carbocycles. The van der Waals surface area contributed by atoms with Gasteiger partial charge in [0.15, 0.2) is 0 Å². The second-order valence-corrected chi connectivity index (χ2v) is 3.53. The largest absolute Gasteiger partial charge is 0.333 e. The van der Waals surface area contributed by atoms with Crippen LogP contribution in [0, 0.1) is 0 Å². The number of hydrogen-bond acceptors (Lipinski definition) is 5. The summed E-state index contributed by atoms with van der Waals surface area (Å²) < 4.78 is 0. The van der Waals surface area contributed by atoms with E-state index in [0.29, 0.717) is 18.5 Å². The Hall–Kier alpha value is -1.23. The molecule has 1 aromatic rings. The SMILES string of the molecule is CC(C)N(c1nccnn1)C(C)CN. The molecular formula is C9H17N5. The minimum absolute atomic E-state index is 0.221. The number of hydrogen-bond donors (Lipinski definition) is 1. The Morgan fingerprint density at radius 3 is 2.50 bits per heavy atom. The third-order valence-corrected chi connectivity index (χ3v) is 2.07. The van der Waals surface area contributed by atoms with Gasteiger partial charge in [0.05, 0.1) is 12.4 Å². The number of nitrogens with zero attached hydrogens (tertiary/aromatic N) is 4. The lowest BCUT2D eigenvalue weighted by atomic mass is 10.2. The molecule has 14 heavy (non-hydrogen) atoms. The van der Waals surface area contributed by atoms with Gasteiger partial charge >= 0.3 is 0 Å². The summed E-state index contributed by atoms with van der Waals surface area (Å²) in [7, 11) is 0. The molecule has 78 valence electrons. The molecule has 1 aromatic heterocycles. The van der Waals surface area contributed by atoms with Crippen molar-refractivity contribution in [1.82, 2.24) is 15.2 Å². The van der Waals surface area contributed by atoms with E-state index < -0.39 is 0 Å². The number of nitrogens with two attached hydrogens (primary N) is 1. The van der Waals surface area contributed by atoms with Crippen LogP contribution in [0.3, 0.4) is 0 Å². The number of rotatable bonds is 4. The monoisotopic (exact) mass is 195 g/mol. The fourth-order valence-corrected chi connectivity index (χ4v) is 1.41. The first kappa shape index (κ1) is 10.8. The molecule has 0 aromatic carbocycles. The van der Waals surface area contributed by atoms with Crippen molar-refractivity contribution in [3.8, 4) is 0 Å². The quantitative estimate of drug-likeness (QED) is 0.754. The van der Waals surface area contributed by atoms with E-state index in [-0.39, 0.29) is 6.04 Å². The van der Waals surface area contributed by atoms with Crippen molar-refractivity contribution in [2.45, 2.75) is 32.9 Å². The molecule has 1 atom stereocenters. The van der Waals surface area contributed by atoms with E-state index >= 15 is 0 Å². The van der Waals surface area contributed by atoms with Crippen molar-refractivity contribution >= 4 is 5.95 Å². The standard InChI is InChI=1S/C9H17N5/c1-7(2)14(8(3)6-10)9-11-4-5-12-13-9/h4-5,7-8H,6,10H2,1-3H3. The lowest BCUT2D eigenvalue weighted by Gasteiger charge is -2.31. The Labute approximate surface area is 84.3 Å². The summed E-state index contributed by atoms with van der Waals surface area (Å²) >= 11 is 0. The van der Waals surface area contributed by atoms with Crippen molar-refractivity contribution in [3.05, 3.63) is 12.4 Å². The summed E-state index contributed by atoms with van der Waals surface area (Å²) in [5.74, 6) is 0.639. The molecule has 0 spiro atoms. The smallest absolute Gasteiger partial charge is 0.245 e. The van der Waals surface area contributed by atoms with Gasteiger partial charge < -0.3 is 10.6 Å². The van der Waals surface area contributed by atoms with Crippen molar-refractivity contribution in [2.75, 3.05) is 11.4 Å². The van der Waals surface area contributed by atoms with Crippen molar-refractivity contribution in [1.29, 1.82) is 0 Å². The molecule has 0 aliphatic heterocycles. The molecular weight excluding hydrogens is 178 g/mol. The van der Waals surface area contributed by atoms with Crippen molar-refractivity contribution in [3.63, 3.8) is 0 Å². The topological polar surface area (TPSA) is 67.9 Å². The average Bonchev–Trinajstić information content (AvgIpc) is 2.19. The summed E-state index contributed by atoms with van der Waals surface area (Å²) in [6.45, 7) is 6.80.